The fourth-order valence-electron chi connectivity index (χ4n) is 2.17. The first kappa shape index (κ1) is 15.0. The topological polar surface area (TPSA) is 32.3 Å². The number of para-hydroxylation sites is 1. The summed E-state index contributed by atoms with van der Waals surface area (Å²) in [5, 5.41) is 2.70. The molecule has 0 aromatic heterocycles. The molecule has 2 rings (SSSR count). The molecule has 0 radical (unpaired) electrons. The van der Waals surface area contributed by atoms with E-state index in [2.05, 4.69) is 5.32 Å². The third-order valence-corrected chi connectivity index (χ3v) is 3.19. The lowest BCUT2D eigenvalue weighted by Gasteiger charge is -2.22. The average Bonchev–Trinajstić information content (AvgIpc) is 2.49. The summed E-state index contributed by atoms with van der Waals surface area (Å²) in [4.78, 5) is 14.1. The molecule has 0 saturated carbocycles. The molecule has 0 saturated heterocycles. The monoisotopic (exact) mass is 290 g/mol. The molecule has 0 aliphatic rings. The molecule has 0 bridgehead atoms. The minimum absolute atomic E-state index is 0.156. The van der Waals surface area contributed by atoms with E-state index in [1.54, 1.807) is 20.0 Å². The van der Waals surface area contributed by atoms with E-state index in [4.69, 9.17) is 0 Å². The van der Waals surface area contributed by atoms with E-state index >= 15 is 0 Å². The second kappa shape index (κ2) is 6.35. The van der Waals surface area contributed by atoms with Crippen molar-refractivity contribution in [1.29, 1.82) is 0 Å². The first-order chi connectivity index (χ1) is 10.1. The van der Waals surface area contributed by atoms with Gasteiger partial charge in [-0.2, -0.15) is 0 Å². The highest BCUT2D eigenvalue weighted by Crippen LogP contribution is 2.24. The average molecular weight is 290 g/mol. The van der Waals surface area contributed by atoms with Crippen molar-refractivity contribution in [2.24, 2.45) is 0 Å². The third-order valence-electron chi connectivity index (χ3n) is 3.19. The van der Waals surface area contributed by atoms with Gasteiger partial charge in [0.15, 0.2) is 0 Å². The predicted molar refractivity (Wildman–Crippen MR) is 79.7 cm³/mol. The van der Waals surface area contributed by atoms with Crippen LogP contribution in [0.2, 0.25) is 0 Å². The van der Waals surface area contributed by atoms with Gasteiger partial charge in [-0.3, -0.25) is 4.79 Å². The number of carbonyl (C=O) groups is 1. The number of hydrogen-bond donors (Lipinski definition) is 1. The molecular weight excluding hydrogens is 274 g/mol. The van der Waals surface area contributed by atoms with Crippen LogP contribution in [0.4, 0.5) is 20.2 Å². The van der Waals surface area contributed by atoms with Crippen molar-refractivity contribution in [3.05, 3.63) is 59.7 Å². The van der Waals surface area contributed by atoms with Gasteiger partial charge in [0.05, 0.1) is 11.3 Å². The summed E-state index contributed by atoms with van der Waals surface area (Å²) in [7, 11) is 1.56. The number of amides is 1. The largest absolute Gasteiger partial charge is 0.385 e. The van der Waals surface area contributed by atoms with Gasteiger partial charge in [0.2, 0.25) is 0 Å². The van der Waals surface area contributed by atoms with Crippen molar-refractivity contribution in [3.8, 4) is 0 Å². The molecule has 0 fully saturated rings. The zero-order valence-corrected chi connectivity index (χ0v) is 11.9. The molecule has 0 atom stereocenters. The van der Waals surface area contributed by atoms with E-state index in [1.807, 2.05) is 0 Å². The number of halogens is 2. The van der Waals surface area contributed by atoms with Crippen LogP contribution >= 0.6 is 0 Å². The zero-order chi connectivity index (χ0) is 15.4. The van der Waals surface area contributed by atoms with E-state index in [0.717, 1.165) is 0 Å². The molecule has 2 aromatic rings. The Kier molecular flexibility index (Phi) is 4.52. The smallest absolute Gasteiger partial charge is 0.260 e. The number of anilines is 2. The van der Waals surface area contributed by atoms with Crippen molar-refractivity contribution in [3.63, 3.8) is 0 Å². The summed E-state index contributed by atoms with van der Waals surface area (Å²) in [5.74, 6) is -1.20. The maximum atomic E-state index is 13.8. The Morgan fingerprint density at radius 1 is 1.14 bits per heavy atom. The van der Waals surface area contributed by atoms with E-state index in [0.29, 0.717) is 12.2 Å². The molecular formula is C16H16F2N2O. The first-order valence-electron chi connectivity index (χ1n) is 6.62. The highest BCUT2D eigenvalue weighted by Gasteiger charge is 2.20. The Balaban J connectivity index is 2.41. The standard InChI is InChI=1S/C16H16F2N2O/c1-3-20(12-9-7-11(17)8-10-12)16(21)13-5-4-6-14(18)15(13)19-2/h4-10,19H,3H2,1-2H3. The molecule has 1 N–H and O–H groups in total. The minimum atomic E-state index is -0.487. The maximum Gasteiger partial charge on any atom is 0.260 e. The van der Waals surface area contributed by atoms with Gasteiger partial charge in [0.1, 0.15) is 11.6 Å². The number of rotatable bonds is 4. The lowest BCUT2D eigenvalue weighted by atomic mass is 10.1. The molecule has 0 unspecified atom stereocenters. The molecule has 3 nitrogen and oxygen atoms in total. The normalized spacial score (nSPS) is 10.3. The molecule has 0 aliphatic heterocycles. The molecule has 0 spiro atoms. The fourth-order valence-corrected chi connectivity index (χ4v) is 2.17. The van der Waals surface area contributed by atoms with E-state index < -0.39 is 5.82 Å². The van der Waals surface area contributed by atoms with Crippen LogP contribution in [-0.2, 0) is 0 Å². The van der Waals surface area contributed by atoms with Crippen LogP contribution in [0, 0.1) is 11.6 Å². The van der Waals surface area contributed by atoms with E-state index in [1.165, 1.54) is 41.3 Å². The van der Waals surface area contributed by atoms with Crippen molar-refractivity contribution in [2.75, 3.05) is 23.8 Å². The Bertz CT molecular complexity index is 641. The summed E-state index contributed by atoms with van der Waals surface area (Å²) < 4.78 is 26.7. The lowest BCUT2D eigenvalue weighted by molar-refractivity contribution is 0.0988. The SMILES string of the molecule is CCN(C(=O)c1cccc(F)c1NC)c1ccc(F)cc1. The molecule has 5 heteroatoms. The molecule has 110 valence electrons. The summed E-state index contributed by atoms with van der Waals surface area (Å²) in [6, 6.07) is 9.96. The van der Waals surface area contributed by atoms with Crippen molar-refractivity contribution >= 4 is 17.3 Å². The van der Waals surface area contributed by atoms with Crippen LogP contribution in [0.5, 0.6) is 0 Å². The van der Waals surface area contributed by atoms with E-state index in [9.17, 15) is 13.6 Å². The van der Waals surface area contributed by atoms with Crippen molar-refractivity contribution < 1.29 is 13.6 Å². The Labute approximate surface area is 122 Å². The minimum Gasteiger partial charge on any atom is -0.385 e. The van der Waals surface area contributed by atoms with Crippen molar-refractivity contribution in [1.82, 2.24) is 0 Å². The third kappa shape index (κ3) is 3.02. The summed E-state index contributed by atoms with van der Waals surface area (Å²) >= 11 is 0. The number of nitrogens with zero attached hydrogens (tertiary/aromatic N) is 1. The van der Waals surface area contributed by atoms with Crippen LogP contribution in [0.15, 0.2) is 42.5 Å². The quantitative estimate of drug-likeness (QED) is 0.931. The van der Waals surface area contributed by atoms with Crippen LogP contribution < -0.4 is 10.2 Å². The van der Waals surface area contributed by atoms with Gasteiger partial charge in [-0.25, -0.2) is 8.78 Å². The van der Waals surface area contributed by atoms with Gasteiger partial charge in [-0.1, -0.05) is 6.07 Å². The second-order valence-electron chi connectivity index (χ2n) is 4.44. The van der Waals surface area contributed by atoms with Crippen LogP contribution in [0.1, 0.15) is 17.3 Å². The summed E-state index contributed by atoms with van der Waals surface area (Å²) in [6.07, 6.45) is 0. The number of nitrogens with one attached hydrogen (secondary N) is 1. The second-order valence-corrected chi connectivity index (χ2v) is 4.44. The zero-order valence-electron chi connectivity index (χ0n) is 11.9. The molecule has 1 amide bonds. The van der Waals surface area contributed by atoms with Crippen molar-refractivity contribution in [2.45, 2.75) is 6.92 Å². The van der Waals surface area contributed by atoms with Gasteiger partial charge in [-0.15, -0.1) is 0 Å². The highest BCUT2D eigenvalue weighted by atomic mass is 19.1. The van der Waals surface area contributed by atoms with Crippen LogP contribution in [0.25, 0.3) is 0 Å². The van der Waals surface area contributed by atoms with Crippen LogP contribution in [0.3, 0.4) is 0 Å². The van der Waals surface area contributed by atoms with Gasteiger partial charge >= 0.3 is 0 Å². The van der Waals surface area contributed by atoms with Gasteiger partial charge in [-0.05, 0) is 43.3 Å². The molecule has 0 aliphatic carbocycles. The first-order valence-corrected chi connectivity index (χ1v) is 6.62. The number of benzene rings is 2. The highest BCUT2D eigenvalue weighted by molar-refractivity contribution is 6.09. The van der Waals surface area contributed by atoms with E-state index in [-0.39, 0.29) is 23.0 Å². The van der Waals surface area contributed by atoms with Crippen LogP contribution in [-0.4, -0.2) is 19.5 Å². The van der Waals surface area contributed by atoms with Gasteiger partial charge in [0, 0.05) is 19.3 Å². The summed E-state index contributed by atoms with van der Waals surface area (Å²) in [6.45, 7) is 2.20. The molecule has 0 heterocycles. The predicted octanol–water partition coefficient (Wildman–Crippen LogP) is 3.67. The van der Waals surface area contributed by atoms with Gasteiger partial charge in [0.25, 0.3) is 5.91 Å². The molecule has 2 aromatic carbocycles. The van der Waals surface area contributed by atoms with Gasteiger partial charge < -0.3 is 10.2 Å². The Hall–Kier alpha value is -2.43. The Morgan fingerprint density at radius 2 is 1.81 bits per heavy atom. The Morgan fingerprint density at radius 3 is 2.38 bits per heavy atom. The summed E-state index contributed by atoms with van der Waals surface area (Å²) in [5.41, 5.74) is 0.960. The maximum absolute atomic E-state index is 13.8. The number of hydrogen-bond acceptors (Lipinski definition) is 2. The fraction of sp³-hybridized carbons (Fsp3) is 0.188. The number of carbonyl (C=O) groups excluding carboxylic acids is 1. The lowest BCUT2D eigenvalue weighted by Crippen LogP contribution is -2.31. The molecule has 21 heavy (non-hydrogen) atoms.